The lowest BCUT2D eigenvalue weighted by atomic mass is 10.0. The molecule has 0 saturated carbocycles. The van der Waals surface area contributed by atoms with Crippen molar-refractivity contribution in [1.29, 1.82) is 0 Å². The number of H-pyrrole nitrogens is 1. The number of para-hydroxylation sites is 1. The van der Waals surface area contributed by atoms with E-state index in [2.05, 4.69) is 20.9 Å². The van der Waals surface area contributed by atoms with Gasteiger partial charge in [0.05, 0.1) is 12.6 Å². The van der Waals surface area contributed by atoms with E-state index in [1.807, 2.05) is 24.3 Å². The number of benzene rings is 1. The van der Waals surface area contributed by atoms with Gasteiger partial charge in [-0.1, -0.05) is 18.2 Å². The van der Waals surface area contributed by atoms with Crippen LogP contribution in [0.4, 0.5) is 0 Å². The molecule has 2 aromatic rings. The number of aromatic amines is 1. The third-order valence-electron chi connectivity index (χ3n) is 4.60. The lowest BCUT2D eigenvalue weighted by Gasteiger charge is -2.20. The van der Waals surface area contributed by atoms with Crippen molar-refractivity contribution in [3.8, 4) is 0 Å². The van der Waals surface area contributed by atoms with Crippen LogP contribution in [0.5, 0.6) is 0 Å². The second-order valence-corrected chi connectivity index (χ2v) is 7.05. The molecule has 32 heavy (non-hydrogen) atoms. The first-order chi connectivity index (χ1) is 15.2. The van der Waals surface area contributed by atoms with Crippen molar-refractivity contribution in [3.05, 3.63) is 36.0 Å². The standard InChI is InChI=1S/C20H25N5O7/c21-13(5-6-17(27)28)19(31)25-15(20(32)24-9-16(26)23-10-18(29)30)7-11-8-22-14-4-2-1-3-12(11)14/h1-4,8,13,15,22H,5-7,9-10,21H2,(H,23,26)(H,24,32)(H,25,31)(H,27,28)(H,29,30). The van der Waals surface area contributed by atoms with E-state index in [1.165, 1.54) is 0 Å². The maximum absolute atomic E-state index is 12.7. The van der Waals surface area contributed by atoms with Crippen LogP contribution in [0.15, 0.2) is 30.5 Å². The largest absolute Gasteiger partial charge is 0.481 e. The van der Waals surface area contributed by atoms with Crippen LogP contribution in [0, 0.1) is 0 Å². The first kappa shape index (κ1) is 24.3. The fourth-order valence-electron chi connectivity index (χ4n) is 2.95. The van der Waals surface area contributed by atoms with Crippen molar-refractivity contribution in [2.45, 2.75) is 31.3 Å². The first-order valence-electron chi connectivity index (χ1n) is 9.76. The lowest BCUT2D eigenvalue weighted by Crippen LogP contribution is -2.53. The van der Waals surface area contributed by atoms with Crippen molar-refractivity contribution < 1.29 is 34.2 Å². The van der Waals surface area contributed by atoms with Gasteiger partial charge in [0, 0.05) is 29.9 Å². The average molecular weight is 447 g/mol. The molecule has 0 bridgehead atoms. The molecule has 2 unspecified atom stereocenters. The fourth-order valence-corrected chi connectivity index (χ4v) is 2.95. The monoisotopic (exact) mass is 447 g/mol. The summed E-state index contributed by atoms with van der Waals surface area (Å²) in [5, 5.41) is 25.2. The second kappa shape index (κ2) is 11.5. The van der Waals surface area contributed by atoms with Crippen molar-refractivity contribution in [2.24, 2.45) is 5.73 Å². The molecular formula is C20H25N5O7. The molecule has 2 atom stereocenters. The predicted octanol–water partition coefficient (Wildman–Crippen LogP) is -1.30. The van der Waals surface area contributed by atoms with Crippen LogP contribution in [0.2, 0.25) is 0 Å². The molecule has 172 valence electrons. The molecule has 8 N–H and O–H groups in total. The SMILES string of the molecule is NC(CCC(=O)O)C(=O)NC(Cc1c[nH]c2ccccc12)C(=O)NCC(=O)NCC(=O)O. The number of carbonyl (C=O) groups excluding carboxylic acids is 3. The van der Waals surface area contributed by atoms with E-state index in [9.17, 15) is 24.0 Å². The van der Waals surface area contributed by atoms with E-state index < -0.39 is 54.8 Å². The van der Waals surface area contributed by atoms with Crippen molar-refractivity contribution in [2.75, 3.05) is 13.1 Å². The highest BCUT2D eigenvalue weighted by Crippen LogP contribution is 2.19. The number of hydrogen-bond acceptors (Lipinski definition) is 6. The number of rotatable bonds is 12. The van der Waals surface area contributed by atoms with Gasteiger partial charge in [0.25, 0.3) is 0 Å². The minimum atomic E-state index is -1.23. The molecule has 0 fully saturated rings. The maximum Gasteiger partial charge on any atom is 0.322 e. The highest BCUT2D eigenvalue weighted by molar-refractivity contribution is 5.93. The van der Waals surface area contributed by atoms with Crippen molar-refractivity contribution in [3.63, 3.8) is 0 Å². The smallest absolute Gasteiger partial charge is 0.322 e. The van der Waals surface area contributed by atoms with E-state index in [0.717, 1.165) is 16.5 Å². The molecule has 12 heteroatoms. The topological polar surface area (TPSA) is 204 Å². The Bertz CT molecular complexity index is 1000. The minimum Gasteiger partial charge on any atom is -0.481 e. The minimum absolute atomic E-state index is 0.0734. The summed E-state index contributed by atoms with van der Waals surface area (Å²) in [5.41, 5.74) is 7.30. The number of carboxylic acid groups (broad SMARTS) is 2. The second-order valence-electron chi connectivity index (χ2n) is 7.05. The molecule has 12 nitrogen and oxygen atoms in total. The molecule has 0 radical (unpaired) electrons. The van der Waals surface area contributed by atoms with Gasteiger partial charge >= 0.3 is 11.9 Å². The molecule has 0 aliphatic carbocycles. The highest BCUT2D eigenvalue weighted by Gasteiger charge is 2.25. The van der Waals surface area contributed by atoms with Gasteiger partial charge in [0.1, 0.15) is 12.6 Å². The van der Waals surface area contributed by atoms with Crippen LogP contribution in [0.1, 0.15) is 18.4 Å². The third-order valence-corrected chi connectivity index (χ3v) is 4.60. The summed E-state index contributed by atoms with van der Waals surface area (Å²) in [4.78, 5) is 61.1. The molecule has 3 amide bonds. The van der Waals surface area contributed by atoms with E-state index >= 15 is 0 Å². The summed E-state index contributed by atoms with van der Waals surface area (Å²) in [6.45, 7) is -1.08. The van der Waals surface area contributed by atoms with Crippen molar-refractivity contribution in [1.82, 2.24) is 20.9 Å². The van der Waals surface area contributed by atoms with Crippen molar-refractivity contribution >= 4 is 40.6 Å². The van der Waals surface area contributed by atoms with Gasteiger partial charge in [-0.3, -0.25) is 24.0 Å². The third kappa shape index (κ3) is 7.40. The van der Waals surface area contributed by atoms with Crippen LogP contribution in [0.3, 0.4) is 0 Å². The van der Waals surface area contributed by atoms with E-state index in [1.54, 1.807) is 6.20 Å². The number of carbonyl (C=O) groups is 5. The molecule has 2 rings (SSSR count). The number of nitrogens with one attached hydrogen (secondary N) is 4. The Morgan fingerprint density at radius 1 is 0.969 bits per heavy atom. The van der Waals surface area contributed by atoms with E-state index in [-0.39, 0.29) is 19.3 Å². The molecule has 0 aliphatic rings. The first-order valence-corrected chi connectivity index (χ1v) is 9.76. The zero-order valence-corrected chi connectivity index (χ0v) is 17.1. The van der Waals surface area contributed by atoms with Gasteiger partial charge in [0.2, 0.25) is 17.7 Å². The van der Waals surface area contributed by atoms with Crippen LogP contribution < -0.4 is 21.7 Å². The molecular weight excluding hydrogens is 422 g/mol. The number of fused-ring (bicyclic) bond motifs is 1. The summed E-state index contributed by atoms with van der Waals surface area (Å²) < 4.78 is 0. The van der Waals surface area contributed by atoms with E-state index in [4.69, 9.17) is 15.9 Å². The highest BCUT2D eigenvalue weighted by atomic mass is 16.4. The zero-order chi connectivity index (χ0) is 23.7. The zero-order valence-electron chi connectivity index (χ0n) is 17.1. The summed E-state index contributed by atoms with van der Waals surface area (Å²) in [6, 6.07) is 5.11. The van der Waals surface area contributed by atoms with Crippen LogP contribution >= 0.6 is 0 Å². The van der Waals surface area contributed by atoms with Gasteiger partial charge in [0.15, 0.2) is 0 Å². The number of aliphatic carboxylic acids is 2. The van der Waals surface area contributed by atoms with E-state index in [0.29, 0.717) is 0 Å². The maximum atomic E-state index is 12.7. The molecule has 0 saturated heterocycles. The van der Waals surface area contributed by atoms with Crippen LogP contribution in [-0.4, -0.2) is 70.0 Å². The Hall–Kier alpha value is -3.93. The molecule has 0 spiro atoms. The van der Waals surface area contributed by atoms with Gasteiger partial charge in [-0.25, -0.2) is 0 Å². The quantitative estimate of drug-likeness (QED) is 0.208. The lowest BCUT2D eigenvalue weighted by molar-refractivity contribution is -0.138. The normalized spacial score (nSPS) is 12.5. The summed E-state index contributed by atoms with van der Waals surface area (Å²) in [5.74, 6) is -4.43. The fraction of sp³-hybridized carbons (Fsp3) is 0.350. The number of amides is 3. The van der Waals surface area contributed by atoms with Gasteiger partial charge in [-0.15, -0.1) is 0 Å². The van der Waals surface area contributed by atoms with Crippen LogP contribution in [-0.2, 0) is 30.4 Å². The number of carboxylic acids is 2. The van der Waals surface area contributed by atoms with Gasteiger partial charge in [-0.2, -0.15) is 0 Å². The van der Waals surface area contributed by atoms with Gasteiger partial charge in [-0.05, 0) is 18.1 Å². The Balaban J connectivity index is 2.10. The molecule has 0 aliphatic heterocycles. The molecule has 1 aromatic heterocycles. The van der Waals surface area contributed by atoms with Gasteiger partial charge < -0.3 is 36.9 Å². The van der Waals surface area contributed by atoms with Crippen LogP contribution in [0.25, 0.3) is 10.9 Å². The average Bonchev–Trinajstić information content (AvgIpc) is 3.16. The number of nitrogens with two attached hydrogens (primary N) is 1. The molecule has 1 aromatic carbocycles. The summed E-state index contributed by atoms with van der Waals surface area (Å²) in [7, 11) is 0. The summed E-state index contributed by atoms with van der Waals surface area (Å²) >= 11 is 0. The number of hydrogen-bond donors (Lipinski definition) is 7. The predicted molar refractivity (Wildman–Crippen MR) is 112 cm³/mol. The summed E-state index contributed by atoms with van der Waals surface area (Å²) in [6.07, 6.45) is 1.35. The Kier molecular flexibility index (Phi) is 8.72. The number of aromatic nitrogens is 1. The Morgan fingerprint density at radius 3 is 2.38 bits per heavy atom. The Morgan fingerprint density at radius 2 is 1.69 bits per heavy atom. The molecule has 1 heterocycles. The Labute approximate surface area is 182 Å².